The summed E-state index contributed by atoms with van der Waals surface area (Å²) in [4.78, 5) is 1.97. The number of hydrogen-bond donors (Lipinski definition) is 1. The van der Waals surface area contributed by atoms with Gasteiger partial charge in [-0.1, -0.05) is 19.3 Å². The van der Waals surface area contributed by atoms with E-state index in [0.717, 1.165) is 25.7 Å². The molecule has 0 aromatic carbocycles. The van der Waals surface area contributed by atoms with Crippen LogP contribution in [-0.2, 0) is 0 Å². The Kier molecular flexibility index (Phi) is 4.56. The molecule has 1 fully saturated rings. The summed E-state index contributed by atoms with van der Waals surface area (Å²) in [5.74, 6) is 0. The maximum Gasteiger partial charge on any atom is 0.0690 e. The molecule has 0 aromatic heterocycles. The predicted molar refractivity (Wildman–Crippen MR) is 60.3 cm³/mol. The molecule has 0 amide bonds. The molecule has 1 rings (SSSR count). The number of rotatable bonds is 4. The van der Waals surface area contributed by atoms with Crippen LogP contribution >= 0.6 is 0 Å². The van der Waals surface area contributed by atoms with Crippen LogP contribution < -0.4 is 0 Å². The van der Waals surface area contributed by atoms with Crippen LogP contribution in [0, 0.1) is 16.7 Å². The Balaban J connectivity index is 2.48. The van der Waals surface area contributed by atoms with Crippen molar-refractivity contribution in [2.75, 3.05) is 20.6 Å². The Morgan fingerprint density at radius 3 is 2.40 bits per heavy atom. The van der Waals surface area contributed by atoms with Crippen LogP contribution in [0.4, 0.5) is 0 Å². The zero-order valence-corrected chi connectivity index (χ0v) is 9.87. The van der Waals surface area contributed by atoms with E-state index in [9.17, 15) is 10.4 Å². The van der Waals surface area contributed by atoms with Crippen molar-refractivity contribution in [1.82, 2.24) is 4.90 Å². The minimum atomic E-state index is -0.363. The van der Waals surface area contributed by atoms with Gasteiger partial charge in [-0.2, -0.15) is 5.26 Å². The van der Waals surface area contributed by atoms with Crippen molar-refractivity contribution in [3.05, 3.63) is 0 Å². The second-order valence-electron chi connectivity index (χ2n) is 5.07. The third kappa shape index (κ3) is 3.81. The highest BCUT2D eigenvalue weighted by Gasteiger charge is 2.34. The van der Waals surface area contributed by atoms with Gasteiger partial charge in [0.25, 0.3) is 0 Å². The molecule has 3 nitrogen and oxygen atoms in total. The van der Waals surface area contributed by atoms with Crippen LogP contribution in [0.25, 0.3) is 0 Å². The molecule has 1 aliphatic rings. The SMILES string of the molecule is CN(C)C[C@H](O)CC1(C#N)CCCCC1. The third-order valence-electron chi connectivity index (χ3n) is 3.25. The Bertz CT molecular complexity index is 226. The summed E-state index contributed by atoms with van der Waals surface area (Å²) in [7, 11) is 3.90. The van der Waals surface area contributed by atoms with Crippen LogP contribution in [0.1, 0.15) is 38.5 Å². The van der Waals surface area contributed by atoms with E-state index in [2.05, 4.69) is 6.07 Å². The molecule has 1 saturated carbocycles. The van der Waals surface area contributed by atoms with Gasteiger partial charge >= 0.3 is 0 Å². The zero-order valence-electron chi connectivity index (χ0n) is 9.87. The summed E-state index contributed by atoms with van der Waals surface area (Å²) < 4.78 is 0. The van der Waals surface area contributed by atoms with E-state index in [1.807, 2.05) is 19.0 Å². The quantitative estimate of drug-likeness (QED) is 0.769. The molecule has 3 heteroatoms. The Morgan fingerprint density at radius 2 is 1.93 bits per heavy atom. The molecule has 0 spiro atoms. The minimum Gasteiger partial charge on any atom is -0.392 e. The van der Waals surface area contributed by atoms with E-state index in [-0.39, 0.29) is 11.5 Å². The lowest BCUT2D eigenvalue weighted by molar-refractivity contribution is 0.0794. The molecule has 0 heterocycles. The number of hydrogen-bond acceptors (Lipinski definition) is 3. The summed E-state index contributed by atoms with van der Waals surface area (Å²) in [5, 5.41) is 19.1. The summed E-state index contributed by atoms with van der Waals surface area (Å²) in [6.45, 7) is 0.656. The average molecular weight is 210 g/mol. The maximum absolute atomic E-state index is 9.88. The number of aliphatic hydroxyl groups excluding tert-OH is 1. The second-order valence-corrected chi connectivity index (χ2v) is 5.07. The van der Waals surface area contributed by atoms with Crippen molar-refractivity contribution < 1.29 is 5.11 Å². The first-order valence-corrected chi connectivity index (χ1v) is 5.82. The van der Waals surface area contributed by atoms with Gasteiger partial charge in [0, 0.05) is 6.54 Å². The molecule has 1 atom stereocenters. The van der Waals surface area contributed by atoms with E-state index in [1.165, 1.54) is 6.42 Å². The minimum absolute atomic E-state index is 0.242. The van der Waals surface area contributed by atoms with Crippen LogP contribution in [-0.4, -0.2) is 36.8 Å². The largest absolute Gasteiger partial charge is 0.392 e. The van der Waals surface area contributed by atoms with E-state index in [1.54, 1.807) is 0 Å². The van der Waals surface area contributed by atoms with Crippen molar-refractivity contribution in [2.24, 2.45) is 5.41 Å². The molecule has 0 aliphatic heterocycles. The molecule has 0 radical (unpaired) electrons. The number of nitriles is 1. The highest BCUT2D eigenvalue weighted by Crippen LogP contribution is 2.39. The summed E-state index contributed by atoms with van der Waals surface area (Å²) in [5.41, 5.74) is -0.242. The highest BCUT2D eigenvalue weighted by molar-refractivity contribution is 5.01. The van der Waals surface area contributed by atoms with E-state index >= 15 is 0 Å². The topological polar surface area (TPSA) is 47.3 Å². The maximum atomic E-state index is 9.88. The fraction of sp³-hybridized carbons (Fsp3) is 0.917. The number of likely N-dealkylation sites (N-methyl/N-ethyl adjacent to an activating group) is 1. The van der Waals surface area contributed by atoms with Gasteiger partial charge < -0.3 is 10.0 Å². The highest BCUT2D eigenvalue weighted by atomic mass is 16.3. The molecule has 1 N–H and O–H groups in total. The summed E-state index contributed by atoms with van der Waals surface area (Å²) >= 11 is 0. The normalized spacial score (nSPS) is 22.3. The Hall–Kier alpha value is -0.590. The lowest BCUT2D eigenvalue weighted by Gasteiger charge is -2.33. The van der Waals surface area contributed by atoms with Gasteiger partial charge in [-0.25, -0.2) is 0 Å². The first-order chi connectivity index (χ1) is 7.08. The van der Waals surface area contributed by atoms with Gasteiger partial charge in [-0.3, -0.25) is 0 Å². The van der Waals surface area contributed by atoms with Crippen molar-refractivity contribution in [1.29, 1.82) is 5.26 Å². The molecule has 0 aromatic rings. The summed E-state index contributed by atoms with van der Waals surface area (Å²) in [6, 6.07) is 2.44. The fourth-order valence-electron chi connectivity index (χ4n) is 2.53. The molecular weight excluding hydrogens is 188 g/mol. The van der Waals surface area contributed by atoms with Gasteiger partial charge in [-0.15, -0.1) is 0 Å². The van der Waals surface area contributed by atoms with Crippen molar-refractivity contribution in [3.63, 3.8) is 0 Å². The second kappa shape index (κ2) is 5.48. The fourth-order valence-corrected chi connectivity index (χ4v) is 2.53. The molecule has 0 unspecified atom stereocenters. The van der Waals surface area contributed by atoms with Gasteiger partial charge in [0.05, 0.1) is 17.6 Å². The van der Waals surface area contributed by atoms with Gasteiger partial charge in [0.1, 0.15) is 0 Å². The molecule has 0 bridgehead atoms. The lowest BCUT2D eigenvalue weighted by Crippen LogP contribution is -2.33. The summed E-state index contributed by atoms with van der Waals surface area (Å²) in [6.07, 6.45) is 5.74. The smallest absolute Gasteiger partial charge is 0.0690 e. The molecule has 1 aliphatic carbocycles. The Labute approximate surface area is 92.7 Å². The van der Waals surface area contributed by atoms with Crippen LogP contribution in [0.5, 0.6) is 0 Å². The number of nitrogens with zero attached hydrogens (tertiary/aromatic N) is 2. The van der Waals surface area contributed by atoms with E-state index in [0.29, 0.717) is 13.0 Å². The monoisotopic (exact) mass is 210 g/mol. The van der Waals surface area contributed by atoms with Gasteiger partial charge in [-0.05, 0) is 33.4 Å². The first kappa shape index (κ1) is 12.5. The van der Waals surface area contributed by atoms with Crippen molar-refractivity contribution in [3.8, 4) is 6.07 Å². The standard InChI is InChI=1S/C12H22N2O/c1-14(2)9-11(15)8-12(10-13)6-4-3-5-7-12/h11,15H,3-9H2,1-2H3/t11-/m1/s1. The zero-order chi connectivity index (χ0) is 11.3. The molecule has 0 saturated heterocycles. The van der Waals surface area contributed by atoms with E-state index < -0.39 is 0 Å². The van der Waals surface area contributed by atoms with Crippen LogP contribution in [0.3, 0.4) is 0 Å². The molecule has 15 heavy (non-hydrogen) atoms. The lowest BCUT2D eigenvalue weighted by atomic mass is 9.72. The first-order valence-electron chi connectivity index (χ1n) is 5.82. The third-order valence-corrected chi connectivity index (χ3v) is 3.25. The predicted octanol–water partition coefficient (Wildman–Crippen LogP) is 1.77. The molecule has 86 valence electrons. The van der Waals surface area contributed by atoms with Crippen molar-refractivity contribution in [2.45, 2.75) is 44.6 Å². The Morgan fingerprint density at radius 1 is 1.33 bits per heavy atom. The number of aliphatic hydroxyl groups is 1. The molecular formula is C12H22N2O. The van der Waals surface area contributed by atoms with Gasteiger partial charge in [0.2, 0.25) is 0 Å². The van der Waals surface area contributed by atoms with E-state index in [4.69, 9.17) is 0 Å². The van der Waals surface area contributed by atoms with Crippen LogP contribution in [0.2, 0.25) is 0 Å². The van der Waals surface area contributed by atoms with Gasteiger partial charge in [0.15, 0.2) is 0 Å². The average Bonchev–Trinajstić information content (AvgIpc) is 2.17. The van der Waals surface area contributed by atoms with Crippen LogP contribution in [0.15, 0.2) is 0 Å². The van der Waals surface area contributed by atoms with Crippen molar-refractivity contribution >= 4 is 0 Å².